The molecule has 0 bridgehead atoms. The third kappa shape index (κ3) is 2.95. The van der Waals surface area contributed by atoms with Crippen LogP contribution >= 0.6 is 11.6 Å². The van der Waals surface area contributed by atoms with Gasteiger partial charge < -0.3 is 10.2 Å². The number of hydrogen-bond acceptors (Lipinski definition) is 2. The molecule has 1 unspecified atom stereocenters. The Hall–Kier alpha value is -2.78. The Morgan fingerprint density at radius 3 is 2.50 bits per heavy atom. The monoisotopic (exact) mass is 362 g/mol. The minimum atomic E-state index is -0.226. The molecule has 0 saturated heterocycles. The van der Waals surface area contributed by atoms with Crippen molar-refractivity contribution in [3.05, 3.63) is 100 Å². The van der Waals surface area contributed by atoms with Crippen molar-refractivity contribution in [2.24, 2.45) is 0 Å². The lowest BCUT2D eigenvalue weighted by Crippen LogP contribution is -2.32. The molecule has 1 aliphatic heterocycles. The molecular formula is C22H19ClN2O. The zero-order valence-corrected chi connectivity index (χ0v) is 15.2. The van der Waals surface area contributed by atoms with Crippen LogP contribution in [-0.2, 0) is 6.54 Å². The zero-order chi connectivity index (χ0) is 18.1. The fourth-order valence-corrected chi connectivity index (χ4v) is 3.55. The molecule has 26 heavy (non-hydrogen) atoms. The molecule has 0 saturated carbocycles. The average Bonchev–Trinajstić information content (AvgIpc) is 2.92. The van der Waals surface area contributed by atoms with Gasteiger partial charge in [-0.3, -0.25) is 4.79 Å². The summed E-state index contributed by atoms with van der Waals surface area (Å²) in [5, 5.41) is 4.24. The summed E-state index contributed by atoms with van der Waals surface area (Å²) in [6, 6.07) is 23.6. The van der Waals surface area contributed by atoms with Gasteiger partial charge >= 0.3 is 0 Å². The van der Waals surface area contributed by atoms with Gasteiger partial charge in [-0.15, -0.1) is 0 Å². The normalized spacial score (nSPS) is 15.8. The molecule has 0 aromatic heterocycles. The fraction of sp³-hybridized carbons (Fsp3) is 0.136. The molecule has 0 aliphatic carbocycles. The van der Waals surface area contributed by atoms with Gasteiger partial charge in [0.1, 0.15) is 6.17 Å². The second-order valence-electron chi connectivity index (χ2n) is 6.47. The van der Waals surface area contributed by atoms with Crippen molar-refractivity contribution in [1.29, 1.82) is 0 Å². The van der Waals surface area contributed by atoms with Crippen molar-refractivity contribution < 1.29 is 4.79 Å². The van der Waals surface area contributed by atoms with E-state index in [0.29, 0.717) is 11.6 Å². The first-order chi connectivity index (χ1) is 12.6. The third-order valence-electron chi connectivity index (χ3n) is 4.81. The lowest BCUT2D eigenvalue weighted by molar-refractivity contribution is 0.0728. The van der Waals surface area contributed by atoms with Crippen LogP contribution in [0.5, 0.6) is 0 Å². The maximum Gasteiger partial charge on any atom is 0.256 e. The molecule has 0 radical (unpaired) electrons. The van der Waals surface area contributed by atoms with Crippen molar-refractivity contribution in [1.82, 2.24) is 4.90 Å². The average molecular weight is 363 g/mol. The van der Waals surface area contributed by atoms with Gasteiger partial charge in [-0.05, 0) is 36.2 Å². The Morgan fingerprint density at radius 1 is 0.962 bits per heavy atom. The number of benzene rings is 3. The summed E-state index contributed by atoms with van der Waals surface area (Å²) in [5.74, 6) is 0.0432. The summed E-state index contributed by atoms with van der Waals surface area (Å²) in [5.41, 5.74) is 4.76. The lowest BCUT2D eigenvalue weighted by Gasteiger charge is -2.28. The SMILES string of the molecule is Cc1c(Cl)cccc1NC1c2ccccc2C(=O)N1Cc1ccccc1. The predicted octanol–water partition coefficient (Wildman–Crippen LogP) is 5.42. The Morgan fingerprint density at radius 2 is 1.69 bits per heavy atom. The minimum absolute atomic E-state index is 0.0432. The Bertz CT molecular complexity index is 955. The van der Waals surface area contributed by atoms with Crippen LogP contribution in [0, 0.1) is 6.92 Å². The highest BCUT2D eigenvalue weighted by molar-refractivity contribution is 6.31. The summed E-state index contributed by atoms with van der Waals surface area (Å²) in [6.45, 7) is 2.53. The van der Waals surface area contributed by atoms with Gasteiger partial charge in [0.25, 0.3) is 5.91 Å². The molecule has 0 spiro atoms. The second-order valence-corrected chi connectivity index (χ2v) is 6.87. The number of hydrogen-bond donors (Lipinski definition) is 1. The van der Waals surface area contributed by atoms with E-state index < -0.39 is 0 Å². The molecule has 4 heteroatoms. The molecule has 3 aromatic rings. The van der Waals surface area contributed by atoms with Crippen molar-refractivity contribution in [3.63, 3.8) is 0 Å². The number of anilines is 1. The van der Waals surface area contributed by atoms with Crippen molar-refractivity contribution >= 4 is 23.2 Å². The molecule has 1 atom stereocenters. The zero-order valence-electron chi connectivity index (χ0n) is 14.4. The van der Waals surface area contributed by atoms with Crippen molar-refractivity contribution in [2.45, 2.75) is 19.6 Å². The number of carbonyl (C=O) groups excluding carboxylic acids is 1. The molecule has 4 rings (SSSR count). The van der Waals surface area contributed by atoms with E-state index in [1.807, 2.05) is 84.6 Å². The first-order valence-corrected chi connectivity index (χ1v) is 8.98. The summed E-state index contributed by atoms with van der Waals surface area (Å²) in [6.07, 6.45) is -0.226. The summed E-state index contributed by atoms with van der Waals surface area (Å²) < 4.78 is 0. The molecule has 1 heterocycles. The number of rotatable bonds is 4. The van der Waals surface area contributed by atoms with E-state index in [1.54, 1.807) is 0 Å². The number of nitrogens with zero attached hydrogens (tertiary/aromatic N) is 1. The number of halogens is 1. The standard InChI is InChI=1S/C22H19ClN2O/c1-15-19(23)12-7-13-20(15)24-21-17-10-5-6-11-18(17)22(26)25(21)14-16-8-3-2-4-9-16/h2-13,21,24H,14H2,1H3. The van der Waals surface area contributed by atoms with E-state index in [1.165, 1.54) is 0 Å². The van der Waals surface area contributed by atoms with E-state index in [9.17, 15) is 4.79 Å². The highest BCUT2D eigenvalue weighted by Gasteiger charge is 2.36. The lowest BCUT2D eigenvalue weighted by atomic mass is 10.1. The van der Waals surface area contributed by atoms with E-state index in [2.05, 4.69) is 5.32 Å². The summed E-state index contributed by atoms with van der Waals surface area (Å²) in [7, 11) is 0. The van der Waals surface area contributed by atoms with E-state index in [0.717, 1.165) is 27.9 Å². The molecule has 3 aromatic carbocycles. The highest BCUT2D eigenvalue weighted by Crippen LogP contribution is 2.36. The van der Waals surface area contributed by atoms with Gasteiger partial charge in [-0.25, -0.2) is 0 Å². The van der Waals surface area contributed by atoms with Crippen LogP contribution in [0.3, 0.4) is 0 Å². The van der Waals surface area contributed by atoms with E-state index >= 15 is 0 Å². The maximum absolute atomic E-state index is 13.0. The first-order valence-electron chi connectivity index (χ1n) is 8.60. The number of fused-ring (bicyclic) bond motifs is 1. The second kappa shape index (κ2) is 6.85. The molecule has 3 nitrogen and oxygen atoms in total. The number of carbonyl (C=O) groups is 1. The van der Waals surface area contributed by atoms with Crippen LogP contribution in [0.15, 0.2) is 72.8 Å². The summed E-state index contributed by atoms with van der Waals surface area (Å²) in [4.78, 5) is 14.9. The van der Waals surface area contributed by atoms with Gasteiger partial charge in [0, 0.05) is 28.4 Å². The molecule has 1 amide bonds. The van der Waals surface area contributed by atoms with Crippen LogP contribution < -0.4 is 5.32 Å². The fourth-order valence-electron chi connectivity index (χ4n) is 3.38. The smallest absolute Gasteiger partial charge is 0.256 e. The molecule has 1 aliphatic rings. The van der Waals surface area contributed by atoms with Gasteiger partial charge in [0.15, 0.2) is 0 Å². The predicted molar refractivity (Wildman–Crippen MR) is 105 cm³/mol. The Labute approximate surface area is 158 Å². The Kier molecular flexibility index (Phi) is 4.39. The van der Waals surface area contributed by atoms with Crippen LogP contribution in [0.4, 0.5) is 5.69 Å². The first kappa shape index (κ1) is 16.7. The third-order valence-corrected chi connectivity index (χ3v) is 5.22. The molecule has 1 N–H and O–H groups in total. The minimum Gasteiger partial charge on any atom is -0.361 e. The van der Waals surface area contributed by atoms with Crippen molar-refractivity contribution in [3.8, 4) is 0 Å². The van der Waals surface area contributed by atoms with E-state index in [-0.39, 0.29) is 12.1 Å². The van der Waals surface area contributed by atoms with Crippen LogP contribution in [0.2, 0.25) is 5.02 Å². The van der Waals surface area contributed by atoms with Crippen LogP contribution in [0.25, 0.3) is 0 Å². The van der Waals surface area contributed by atoms with Gasteiger partial charge in [-0.2, -0.15) is 0 Å². The highest BCUT2D eigenvalue weighted by atomic mass is 35.5. The van der Waals surface area contributed by atoms with Crippen LogP contribution in [0.1, 0.15) is 33.2 Å². The summed E-state index contributed by atoms with van der Waals surface area (Å²) >= 11 is 6.27. The molecular weight excluding hydrogens is 344 g/mol. The quantitative estimate of drug-likeness (QED) is 0.672. The van der Waals surface area contributed by atoms with Crippen LogP contribution in [-0.4, -0.2) is 10.8 Å². The Balaban J connectivity index is 1.72. The van der Waals surface area contributed by atoms with Gasteiger partial charge in [0.2, 0.25) is 0 Å². The number of nitrogens with one attached hydrogen (secondary N) is 1. The number of amides is 1. The largest absolute Gasteiger partial charge is 0.361 e. The molecule has 0 fully saturated rings. The van der Waals surface area contributed by atoms with Gasteiger partial charge in [-0.1, -0.05) is 66.2 Å². The maximum atomic E-state index is 13.0. The topological polar surface area (TPSA) is 32.3 Å². The van der Waals surface area contributed by atoms with E-state index in [4.69, 9.17) is 11.6 Å². The van der Waals surface area contributed by atoms with Crippen molar-refractivity contribution in [2.75, 3.05) is 5.32 Å². The molecule has 130 valence electrons. The van der Waals surface area contributed by atoms with Gasteiger partial charge in [0.05, 0.1) is 0 Å².